The van der Waals surface area contributed by atoms with E-state index in [1.54, 1.807) is 82.6 Å². The second kappa shape index (κ2) is 20.6. The van der Waals surface area contributed by atoms with Crippen LogP contribution < -0.4 is 10.9 Å². The Morgan fingerprint density at radius 3 is 2.35 bits per heavy atom. The van der Waals surface area contributed by atoms with Crippen molar-refractivity contribution in [3.05, 3.63) is 112 Å². The number of ketones is 1. The number of hydrogen-bond donors (Lipinski definition) is 5. The first-order valence-electron chi connectivity index (χ1n) is 20.0. The van der Waals surface area contributed by atoms with Crippen LogP contribution in [0.1, 0.15) is 65.2 Å². The largest absolute Gasteiger partial charge is 0.509 e. The SMILES string of the molecule is C/C=C\C=C\[C@@H]1O[C@](O)([C@H](CC)C(=O)NC/C=C/C=C(\C)[C@@H](OC)[C@@H](C)[C@@H]2O[C@H](/C=C/C=C/C=C(\C)C(=O)c3c(O)ccn(C)c3=O)[C@@H]3OC(=O)O[C@@H]32)[C@H](O)[C@H](O)C1(C)C. The molecule has 3 saturated heterocycles. The predicted molar refractivity (Wildman–Crippen MR) is 223 cm³/mol. The Labute approximate surface area is 351 Å². The van der Waals surface area contributed by atoms with Gasteiger partial charge < -0.3 is 54.0 Å². The van der Waals surface area contributed by atoms with Gasteiger partial charge in [-0.1, -0.05) is 101 Å². The van der Waals surface area contributed by atoms with Crippen LogP contribution in [0.3, 0.4) is 0 Å². The molecule has 15 nitrogen and oxygen atoms in total. The third-order valence-corrected chi connectivity index (χ3v) is 11.4. The average Bonchev–Trinajstić information content (AvgIpc) is 3.75. The molecule has 5 N–H and O–H groups in total. The Bertz CT molecular complexity index is 1990. The molecule has 0 aromatic carbocycles. The fraction of sp³-hybridized carbons (Fsp3) is 0.511. The van der Waals surface area contributed by atoms with Crippen molar-refractivity contribution in [1.82, 2.24) is 9.88 Å². The molecule has 11 atom stereocenters. The highest BCUT2D eigenvalue weighted by atomic mass is 16.8. The van der Waals surface area contributed by atoms with Gasteiger partial charge in [0.05, 0.1) is 24.2 Å². The minimum Gasteiger partial charge on any atom is -0.507 e. The van der Waals surface area contributed by atoms with Crippen LogP contribution in [-0.2, 0) is 35.5 Å². The van der Waals surface area contributed by atoms with Gasteiger partial charge in [0, 0.05) is 38.2 Å². The normalized spacial score (nSPS) is 30.0. The van der Waals surface area contributed by atoms with Gasteiger partial charge in [0.1, 0.15) is 29.6 Å². The summed E-state index contributed by atoms with van der Waals surface area (Å²) in [6.07, 6.45) is 14.0. The summed E-state index contributed by atoms with van der Waals surface area (Å²) < 4.78 is 30.4. The number of amides is 1. The Hall–Kier alpha value is -4.90. The van der Waals surface area contributed by atoms with Gasteiger partial charge in [-0.05, 0) is 44.4 Å². The summed E-state index contributed by atoms with van der Waals surface area (Å²) in [5.74, 6) is -5.41. The van der Waals surface area contributed by atoms with Crippen LogP contribution in [-0.4, -0.2) is 111 Å². The number of aliphatic hydroxyl groups is 3. The first-order valence-corrected chi connectivity index (χ1v) is 20.0. The summed E-state index contributed by atoms with van der Waals surface area (Å²) in [4.78, 5) is 50.8. The van der Waals surface area contributed by atoms with E-state index in [-0.39, 0.29) is 30.0 Å². The maximum atomic E-state index is 13.4. The summed E-state index contributed by atoms with van der Waals surface area (Å²) >= 11 is 0. The number of ether oxygens (including phenoxy) is 5. The molecule has 1 aromatic heterocycles. The number of methoxy groups -OCH3 is 1. The lowest BCUT2D eigenvalue weighted by Gasteiger charge is -2.53. The molecule has 0 bridgehead atoms. The van der Waals surface area contributed by atoms with Crippen molar-refractivity contribution in [2.45, 2.75) is 110 Å². The van der Waals surface area contributed by atoms with Gasteiger partial charge in [-0.25, -0.2) is 4.79 Å². The van der Waals surface area contributed by atoms with E-state index in [0.29, 0.717) is 0 Å². The van der Waals surface area contributed by atoms with E-state index < -0.39 is 95.1 Å². The summed E-state index contributed by atoms with van der Waals surface area (Å²) in [5.41, 5.74) is -0.822. The van der Waals surface area contributed by atoms with E-state index in [1.807, 2.05) is 32.9 Å². The minimum atomic E-state index is -2.34. The molecular weight excluding hydrogens is 776 g/mol. The van der Waals surface area contributed by atoms with E-state index in [9.17, 15) is 39.6 Å². The molecule has 60 heavy (non-hydrogen) atoms. The molecule has 3 fully saturated rings. The molecule has 1 aromatic rings. The minimum absolute atomic E-state index is 0.0879. The van der Waals surface area contributed by atoms with Crippen molar-refractivity contribution >= 4 is 17.8 Å². The molecule has 1 amide bonds. The van der Waals surface area contributed by atoms with Crippen LogP contribution in [0.25, 0.3) is 0 Å². The van der Waals surface area contributed by atoms with Crippen LogP contribution in [0.2, 0.25) is 0 Å². The van der Waals surface area contributed by atoms with Crippen LogP contribution in [0, 0.1) is 17.3 Å². The Morgan fingerprint density at radius 1 is 1.00 bits per heavy atom. The summed E-state index contributed by atoms with van der Waals surface area (Å²) in [6.45, 7) is 12.4. The standard InChI is InChI=1S/C45H60N2O13/c1-10-12-14-22-32-44(6,7)39(50)40(51)45(55,60-32)29(11-2)41(52)46-24-18-17-20-27(4)35(56-9)28(5)36-38-37(58-43(54)59-38)31(57-36)21-16-13-15-19-26(3)34(49)33-30(48)23-25-47(8)42(33)53/h10,12-23,25,28-29,31-32,35-40,48,50-51,55H,11,24H2,1-9H3,(H,46,52)/b12-10-,15-13+,18-17+,21-16+,22-14+,26-19+,27-20+/t28-,29-,31-,32+,35-,36+,37+,38-,39+,40-,45-/m1/s1. The number of aromatic hydroxyl groups is 1. The van der Waals surface area contributed by atoms with Crippen molar-refractivity contribution in [2.24, 2.45) is 24.3 Å². The number of fused-ring (bicyclic) bond motifs is 1. The zero-order valence-electron chi connectivity index (χ0n) is 35.7. The van der Waals surface area contributed by atoms with Gasteiger partial charge in [0.25, 0.3) is 5.56 Å². The van der Waals surface area contributed by atoms with E-state index in [2.05, 4.69) is 5.32 Å². The number of pyridine rings is 1. The number of carbonyl (C=O) groups is 3. The second-order valence-electron chi connectivity index (χ2n) is 15.9. The summed E-state index contributed by atoms with van der Waals surface area (Å²) in [7, 11) is 3.04. The lowest BCUT2D eigenvalue weighted by Crippen LogP contribution is -2.69. The number of nitrogens with one attached hydrogen (secondary N) is 1. The van der Waals surface area contributed by atoms with Gasteiger partial charge in [-0.15, -0.1) is 0 Å². The second-order valence-corrected chi connectivity index (χ2v) is 15.9. The van der Waals surface area contributed by atoms with Gasteiger partial charge in [-0.3, -0.25) is 14.4 Å². The molecule has 0 unspecified atom stereocenters. The molecule has 15 heteroatoms. The maximum absolute atomic E-state index is 13.4. The van der Waals surface area contributed by atoms with E-state index >= 15 is 0 Å². The Kier molecular flexibility index (Phi) is 16.4. The molecule has 4 rings (SSSR count). The number of aryl methyl sites for hydroxylation is 1. The molecule has 0 aliphatic carbocycles. The number of aromatic nitrogens is 1. The zero-order valence-corrected chi connectivity index (χ0v) is 35.7. The Balaban J connectivity index is 1.38. The lowest BCUT2D eigenvalue weighted by atomic mass is 9.71. The van der Waals surface area contributed by atoms with Crippen LogP contribution >= 0.6 is 0 Å². The summed E-state index contributed by atoms with van der Waals surface area (Å²) in [5, 5.41) is 46.4. The molecule has 328 valence electrons. The lowest BCUT2D eigenvalue weighted by molar-refractivity contribution is -0.359. The number of hydrogen-bond acceptors (Lipinski definition) is 13. The zero-order chi connectivity index (χ0) is 44.5. The fourth-order valence-electron chi connectivity index (χ4n) is 7.75. The van der Waals surface area contributed by atoms with Crippen molar-refractivity contribution in [3.63, 3.8) is 0 Å². The monoisotopic (exact) mass is 836 g/mol. The number of nitrogens with zero attached hydrogens (tertiary/aromatic N) is 1. The van der Waals surface area contributed by atoms with E-state index in [0.717, 1.165) is 5.57 Å². The van der Waals surface area contributed by atoms with Gasteiger partial charge in [-0.2, -0.15) is 0 Å². The molecule has 0 spiro atoms. The fourth-order valence-corrected chi connectivity index (χ4v) is 7.75. The van der Waals surface area contributed by atoms with Crippen molar-refractivity contribution in [3.8, 4) is 5.75 Å². The van der Waals surface area contributed by atoms with Crippen molar-refractivity contribution in [1.29, 1.82) is 0 Å². The summed E-state index contributed by atoms with van der Waals surface area (Å²) in [6, 6.07) is 1.28. The highest BCUT2D eigenvalue weighted by Gasteiger charge is 2.60. The van der Waals surface area contributed by atoms with Gasteiger partial charge in [0.15, 0.2) is 18.0 Å². The molecule has 0 saturated carbocycles. The van der Waals surface area contributed by atoms with Gasteiger partial charge in [0.2, 0.25) is 11.7 Å². The van der Waals surface area contributed by atoms with Crippen molar-refractivity contribution in [2.75, 3.05) is 13.7 Å². The van der Waals surface area contributed by atoms with Crippen LogP contribution in [0.5, 0.6) is 5.75 Å². The number of Topliss-reactive ketones (excluding diaryl/α,β-unsaturated/α-hetero) is 1. The highest BCUT2D eigenvalue weighted by molar-refractivity contribution is 6.09. The molecule has 3 aliphatic rings. The number of aliphatic hydroxyl groups excluding tert-OH is 2. The maximum Gasteiger partial charge on any atom is 0.509 e. The van der Waals surface area contributed by atoms with Crippen LogP contribution in [0.15, 0.2) is 101 Å². The number of carbonyl (C=O) groups excluding carboxylic acids is 3. The first-order chi connectivity index (χ1) is 28.3. The molecule has 3 aliphatic heterocycles. The first kappa shape index (κ1) is 47.8. The van der Waals surface area contributed by atoms with Gasteiger partial charge >= 0.3 is 6.16 Å². The Morgan fingerprint density at radius 2 is 1.68 bits per heavy atom. The molecule has 0 radical (unpaired) electrons. The van der Waals surface area contributed by atoms with E-state index in [1.165, 1.54) is 36.9 Å². The predicted octanol–water partition coefficient (Wildman–Crippen LogP) is 4.27. The molecule has 4 heterocycles. The average molecular weight is 837 g/mol. The third-order valence-electron chi connectivity index (χ3n) is 11.4. The third kappa shape index (κ3) is 10.3. The topological polar surface area (TPSA) is 212 Å². The molecular formula is C45H60N2O13. The smallest absolute Gasteiger partial charge is 0.507 e. The van der Waals surface area contributed by atoms with Crippen molar-refractivity contribution < 1.29 is 58.5 Å². The number of rotatable bonds is 17. The van der Waals surface area contributed by atoms with Crippen LogP contribution in [0.4, 0.5) is 4.79 Å². The number of allylic oxidation sites excluding steroid dienone is 10. The van der Waals surface area contributed by atoms with E-state index in [4.69, 9.17) is 23.7 Å². The quantitative estimate of drug-likeness (QED) is 0.0643. The highest BCUT2D eigenvalue weighted by Crippen LogP contribution is 2.45.